The minimum Gasteiger partial charge on any atom is -0.504 e. The van der Waals surface area contributed by atoms with Gasteiger partial charge in [-0.1, -0.05) is 19.0 Å². The van der Waals surface area contributed by atoms with E-state index in [2.05, 4.69) is 10.6 Å². The highest BCUT2D eigenvalue weighted by Crippen LogP contribution is 2.62. The van der Waals surface area contributed by atoms with Gasteiger partial charge in [0.15, 0.2) is 17.3 Å². The highest BCUT2D eigenvalue weighted by atomic mass is 31.2. The van der Waals surface area contributed by atoms with Crippen LogP contribution in [0.4, 0.5) is 5.82 Å². The molecule has 1 aromatic heterocycles. The second-order valence-corrected chi connectivity index (χ2v) is 9.06. The topological polar surface area (TPSA) is 103 Å². The monoisotopic (exact) mass is 398 g/mol. The van der Waals surface area contributed by atoms with E-state index in [1.165, 1.54) is 19.4 Å². The van der Waals surface area contributed by atoms with Crippen LogP contribution in [0.15, 0.2) is 22.9 Å². The van der Waals surface area contributed by atoms with E-state index in [1.807, 2.05) is 20.8 Å². The summed E-state index contributed by atoms with van der Waals surface area (Å²) in [5, 5.41) is 13.0. The third-order valence-electron chi connectivity index (χ3n) is 4.88. The highest BCUT2D eigenvalue weighted by Gasteiger charge is 2.47. The Labute approximate surface area is 159 Å². The fourth-order valence-corrected chi connectivity index (χ4v) is 4.27. The molecule has 0 saturated heterocycles. The molecule has 0 aliphatic rings. The molecule has 27 heavy (non-hydrogen) atoms. The van der Waals surface area contributed by atoms with Crippen LogP contribution >= 0.6 is 7.60 Å². The van der Waals surface area contributed by atoms with Crippen molar-refractivity contribution >= 4 is 13.4 Å². The smallest absolute Gasteiger partial charge is 0.406 e. The summed E-state index contributed by atoms with van der Waals surface area (Å²) in [6, 6.07) is 3.06. The Kier molecular flexibility index (Phi) is 6.44. The maximum absolute atomic E-state index is 13.8. The average molecular weight is 398 g/mol. The van der Waals surface area contributed by atoms with Crippen molar-refractivity contribution in [2.24, 2.45) is 0 Å². The van der Waals surface area contributed by atoms with Gasteiger partial charge in [-0.3, -0.25) is 0 Å². The van der Waals surface area contributed by atoms with Crippen molar-refractivity contribution in [3.05, 3.63) is 29.5 Å². The summed E-state index contributed by atoms with van der Waals surface area (Å²) in [6.45, 7) is 9.17. The molecule has 0 amide bonds. The summed E-state index contributed by atoms with van der Waals surface area (Å²) in [5.41, 5.74) is 3.85. The van der Waals surface area contributed by atoms with Crippen molar-refractivity contribution in [3.8, 4) is 17.2 Å². The number of benzene rings is 1. The van der Waals surface area contributed by atoms with Gasteiger partial charge in [0.1, 0.15) is 12.0 Å². The summed E-state index contributed by atoms with van der Waals surface area (Å²) < 4.78 is 35.3. The molecule has 1 aromatic carbocycles. The zero-order valence-corrected chi connectivity index (χ0v) is 17.4. The molecule has 0 aliphatic carbocycles. The highest BCUT2D eigenvalue weighted by molar-refractivity contribution is 7.56. The maximum Gasteiger partial charge on any atom is 0.406 e. The molecule has 2 rings (SSSR count). The van der Waals surface area contributed by atoms with Crippen LogP contribution in [0.3, 0.4) is 0 Å². The first-order chi connectivity index (χ1) is 12.7. The molecule has 2 N–H and O–H groups in total. The normalized spacial score (nSPS) is 13.9. The molecule has 0 spiro atoms. The molecule has 1 heterocycles. The van der Waals surface area contributed by atoms with E-state index in [4.69, 9.17) is 18.4 Å². The molecule has 9 heteroatoms. The third-order valence-corrected chi connectivity index (χ3v) is 7.62. The number of nitrogens with one attached hydrogen (secondary N) is 1. The molecule has 150 valence electrons. The van der Waals surface area contributed by atoms with Gasteiger partial charge in [-0.05, 0) is 45.2 Å². The predicted octanol–water partition coefficient (Wildman–Crippen LogP) is 5.20. The number of aryl methyl sites for hydroxylation is 2. The maximum atomic E-state index is 13.8. The lowest BCUT2D eigenvalue weighted by Gasteiger charge is -2.34. The van der Waals surface area contributed by atoms with Crippen LogP contribution < -0.4 is 14.7 Å². The first-order valence-electron chi connectivity index (χ1n) is 8.72. The van der Waals surface area contributed by atoms with Crippen molar-refractivity contribution in [1.82, 2.24) is 5.16 Å². The van der Waals surface area contributed by atoms with Crippen LogP contribution in [0, 0.1) is 13.8 Å². The van der Waals surface area contributed by atoms with Gasteiger partial charge in [-0.15, -0.1) is 0 Å². The van der Waals surface area contributed by atoms with Crippen molar-refractivity contribution in [2.75, 3.05) is 12.6 Å². The Bertz CT molecular complexity index is 831. The lowest BCUT2D eigenvalue weighted by Crippen LogP contribution is -2.28. The molecule has 1 atom stereocenters. The van der Waals surface area contributed by atoms with E-state index in [9.17, 15) is 9.67 Å². The number of rotatable bonds is 9. The molecular formula is C18H27N2O6P. The number of hydrogen-bond acceptors (Lipinski definition) is 8. The summed E-state index contributed by atoms with van der Waals surface area (Å²) in [6.07, 6.45) is 2.58. The van der Waals surface area contributed by atoms with Crippen LogP contribution in [0.2, 0.25) is 0 Å². The largest absolute Gasteiger partial charge is 0.504 e. The van der Waals surface area contributed by atoms with Crippen LogP contribution in [0.25, 0.3) is 0 Å². The van der Waals surface area contributed by atoms with Gasteiger partial charge in [0, 0.05) is 11.6 Å². The average Bonchev–Trinajstić information content (AvgIpc) is 3.07. The molecular weight excluding hydrogens is 371 g/mol. The minimum atomic E-state index is -3.72. The van der Waals surface area contributed by atoms with Crippen molar-refractivity contribution in [2.45, 2.75) is 52.6 Å². The van der Waals surface area contributed by atoms with Gasteiger partial charge in [0.25, 0.3) is 0 Å². The fourth-order valence-electron chi connectivity index (χ4n) is 2.43. The minimum absolute atomic E-state index is 0.00527. The number of phenols is 1. The van der Waals surface area contributed by atoms with Crippen molar-refractivity contribution < 1.29 is 28.1 Å². The van der Waals surface area contributed by atoms with Crippen LogP contribution in [0.5, 0.6) is 17.2 Å². The Hall–Kier alpha value is -2.18. The molecule has 0 saturated carbocycles. The molecule has 1 unspecified atom stereocenters. The second kappa shape index (κ2) is 8.23. The zero-order valence-electron chi connectivity index (χ0n) is 16.5. The van der Waals surface area contributed by atoms with Gasteiger partial charge in [-0.2, -0.15) is 4.62 Å². The Morgan fingerprint density at radius 3 is 2.44 bits per heavy atom. The zero-order chi connectivity index (χ0) is 20.2. The van der Waals surface area contributed by atoms with Gasteiger partial charge >= 0.3 is 7.60 Å². The lowest BCUT2D eigenvalue weighted by atomic mass is 10.1. The number of anilines is 1. The summed E-state index contributed by atoms with van der Waals surface area (Å²) in [5.74, 6) is 0.836. The van der Waals surface area contributed by atoms with Crippen molar-refractivity contribution in [3.63, 3.8) is 0 Å². The van der Waals surface area contributed by atoms with E-state index in [0.29, 0.717) is 29.8 Å². The van der Waals surface area contributed by atoms with Crippen LogP contribution in [-0.4, -0.2) is 22.5 Å². The summed E-state index contributed by atoms with van der Waals surface area (Å²) in [4.78, 5) is 0. The molecule has 0 fully saturated rings. The van der Waals surface area contributed by atoms with E-state index < -0.39 is 12.8 Å². The Morgan fingerprint density at radius 1 is 1.26 bits per heavy atom. The van der Waals surface area contributed by atoms with Gasteiger partial charge in [0.05, 0.1) is 12.3 Å². The molecule has 0 bridgehead atoms. The first kappa shape index (κ1) is 21.1. The van der Waals surface area contributed by atoms with Crippen LogP contribution in [-0.2, 0) is 9.19 Å². The third kappa shape index (κ3) is 4.22. The fraction of sp³-hybridized carbons (Fsp3) is 0.500. The SMILES string of the molecule is CCC(C)(CC)P(=O)(ONc1nocc1C)Oc1cc(C)c(O)c(OC)c1. The quantitative estimate of drug-likeness (QED) is 0.439. The van der Waals surface area contributed by atoms with E-state index >= 15 is 0 Å². The number of hydrogen-bond donors (Lipinski definition) is 2. The number of nitrogens with zero attached hydrogens (tertiary/aromatic N) is 1. The van der Waals surface area contributed by atoms with Crippen LogP contribution in [0.1, 0.15) is 44.7 Å². The number of aromatic nitrogens is 1. The van der Waals surface area contributed by atoms with E-state index in [0.717, 1.165) is 0 Å². The molecule has 2 aromatic rings. The lowest BCUT2D eigenvalue weighted by molar-refractivity contribution is 0.276. The van der Waals surface area contributed by atoms with Gasteiger partial charge < -0.3 is 18.9 Å². The summed E-state index contributed by atoms with van der Waals surface area (Å²) >= 11 is 0. The molecule has 8 nitrogen and oxygen atoms in total. The summed E-state index contributed by atoms with van der Waals surface area (Å²) in [7, 11) is -2.28. The van der Waals surface area contributed by atoms with E-state index in [1.54, 1.807) is 19.9 Å². The van der Waals surface area contributed by atoms with Crippen molar-refractivity contribution in [1.29, 1.82) is 0 Å². The first-order valence-corrected chi connectivity index (χ1v) is 10.3. The number of phenolic OH excluding ortho intramolecular Hbond substituents is 1. The molecule has 0 radical (unpaired) electrons. The standard InChI is InChI=1S/C18H27N2O6P/c1-7-18(5,8-2)27(22,26-20-17-13(4)11-24-19-17)25-14-9-12(3)16(21)15(10-14)23-6/h9-11,21H,7-8H2,1-6H3,(H,19,20). The predicted molar refractivity (Wildman–Crippen MR) is 103 cm³/mol. The number of methoxy groups -OCH3 is 1. The Morgan fingerprint density at radius 2 is 1.93 bits per heavy atom. The van der Waals surface area contributed by atoms with Gasteiger partial charge in [0.2, 0.25) is 0 Å². The number of ether oxygens (including phenoxy) is 1. The number of aromatic hydroxyl groups is 1. The Balaban J connectivity index is 2.39. The van der Waals surface area contributed by atoms with E-state index in [-0.39, 0.29) is 17.2 Å². The molecule has 0 aliphatic heterocycles. The van der Waals surface area contributed by atoms with Gasteiger partial charge in [-0.25, -0.2) is 10.0 Å². The second-order valence-electron chi connectivity index (χ2n) is 6.62.